The molecule has 0 spiro atoms. The van der Waals surface area contributed by atoms with E-state index < -0.39 is 27.5 Å². The fourth-order valence-corrected chi connectivity index (χ4v) is 5.56. The molecule has 0 atom stereocenters. The van der Waals surface area contributed by atoms with Gasteiger partial charge in [0.15, 0.2) is 0 Å². The molecule has 0 aliphatic rings. The predicted molar refractivity (Wildman–Crippen MR) is 154 cm³/mol. The first-order valence-corrected chi connectivity index (χ1v) is 16.6. The molecule has 0 heterocycles. The third kappa shape index (κ3) is 12.5. The van der Waals surface area contributed by atoms with E-state index in [1.807, 2.05) is 83.1 Å². The van der Waals surface area contributed by atoms with E-state index in [4.69, 9.17) is 0 Å². The van der Waals surface area contributed by atoms with Gasteiger partial charge in [-0.2, -0.15) is 0 Å². The quantitative estimate of drug-likeness (QED) is 0.350. The molecule has 2 rings (SSSR count). The van der Waals surface area contributed by atoms with E-state index in [0.717, 1.165) is 0 Å². The van der Waals surface area contributed by atoms with Crippen molar-refractivity contribution >= 4 is 15.2 Å². The molecule has 0 aliphatic carbocycles. The Hall–Kier alpha value is -1.17. The van der Waals surface area contributed by atoms with Crippen molar-refractivity contribution in [1.29, 1.82) is 0 Å². The molecule has 0 aliphatic heterocycles. The molecule has 2 aromatic rings. The standard InChI is InChI=1S/2C15H25O4P.Ni/c2*1-14(2,3)11-7-10(9-20(17,18)19)8-12(13(11)16)15(4,5)6;/h2*7-8,16H,9H2,1-6H3,(H2,17,18,19);/q;;+4/p-4. The summed E-state index contributed by atoms with van der Waals surface area (Å²) in [6.07, 6.45) is -1.06. The van der Waals surface area contributed by atoms with Crippen LogP contribution in [0.25, 0.3) is 0 Å². The van der Waals surface area contributed by atoms with Gasteiger partial charge in [0.1, 0.15) is 11.5 Å². The largest absolute Gasteiger partial charge is 4.00 e. The molecule has 0 amide bonds. The smallest absolute Gasteiger partial charge is 0.810 e. The van der Waals surface area contributed by atoms with E-state index in [0.29, 0.717) is 33.4 Å². The molecule has 41 heavy (non-hydrogen) atoms. The molecule has 234 valence electrons. The van der Waals surface area contributed by atoms with Crippen LogP contribution < -0.4 is 19.6 Å². The van der Waals surface area contributed by atoms with Crippen molar-refractivity contribution in [2.24, 2.45) is 0 Å². The Labute approximate surface area is 256 Å². The molecule has 0 saturated carbocycles. The van der Waals surface area contributed by atoms with Gasteiger partial charge < -0.3 is 38.9 Å². The van der Waals surface area contributed by atoms with Crippen LogP contribution >= 0.6 is 15.2 Å². The second-order valence-electron chi connectivity index (χ2n) is 14.6. The summed E-state index contributed by atoms with van der Waals surface area (Å²) in [7, 11) is -9.26. The van der Waals surface area contributed by atoms with Gasteiger partial charge in [-0.05, 0) is 55.0 Å². The minimum absolute atomic E-state index is 0. The monoisotopic (exact) mass is 654 g/mol. The Bertz CT molecular complexity index is 1130. The molecule has 0 bridgehead atoms. The number of hydrogen-bond donors (Lipinski definition) is 2. The third-order valence-corrected chi connectivity index (χ3v) is 7.83. The summed E-state index contributed by atoms with van der Waals surface area (Å²) in [4.78, 5) is 44.1. The second-order valence-corrected chi connectivity index (χ2v) is 17.7. The minimum Gasteiger partial charge on any atom is -0.810 e. The minimum atomic E-state index is -4.63. The summed E-state index contributed by atoms with van der Waals surface area (Å²) in [6.45, 7) is 23.2. The molecule has 0 radical (unpaired) electrons. The number of rotatable bonds is 4. The summed E-state index contributed by atoms with van der Waals surface area (Å²) in [5.74, 6) is 0.362. The maximum absolute atomic E-state index is 11.0. The molecule has 8 nitrogen and oxygen atoms in total. The zero-order chi connectivity index (χ0) is 31.9. The van der Waals surface area contributed by atoms with Crippen LogP contribution in [-0.2, 0) is 59.6 Å². The molecular weight excluding hydrogens is 609 g/mol. The number of benzene rings is 2. The Balaban J connectivity index is 0.000000762. The Morgan fingerprint density at radius 1 is 0.512 bits per heavy atom. The maximum Gasteiger partial charge on any atom is 4.00 e. The molecular formula is C30H46NiO8P2. The van der Waals surface area contributed by atoms with Crippen LogP contribution in [0.2, 0.25) is 0 Å². The van der Waals surface area contributed by atoms with Gasteiger partial charge in [0.05, 0.1) is 0 Å². The van der Waals surface area contributed by atoms with Crippen molar-refractivity contribution < 1.29 is 55.4 Å². The third-order valence-electron chi connectivity index (χ3n) is 6.32. The molecule has 0 saturated heterocycles. The number of hydrogen-bond acceptors (Lipinski definition) is 8. The normalized spacial score (nSPS) is 13.3. The van der Waals surface area contributed by atoms with Gasteiger partial charge in [0.25, 0.3) is 0 Å². The fourth-order valence-electron chi connectivity index (χ4n) is 4.31. The van der Waals surface area contributed by atoms with Crippen molar-refractivity contribution in [1.82, 2.24) is 0 Å². The molecule has 0 fully saturated rings. The van der Waals surface area contributed by atoms with Crippen LogP contribution in [-0.4, -0.2) is 10.2 Å². The first-order chi connectivity index (χ1) is 17.4. The average molecular weight is 655 g/mol. The molecule has 0 unspecified atom stereocenters. The summed E-state index contributed by atoms with van der Waals surface area (Å²) >= 11 is 0. The van der Waals surface area contributed by atoms with Gasteiger partial charge in [-0.15, -0.1) is 0 Å². The van der Waals surface area contributed by atoms with Crippen molar-refractivity contribution in [3.05, 3.63) is 57.6 Å². The van der Waals surface area contributed by atoms with Gasteiger partial charge in [-0.1, -0.05) is 123 Å². The second kappa shape index (κ2) is 13.2. The van der Waals surface area contributed by atoms with Gasteiger partial charge in [-0.25, -0.2) is 0 Å². The van der Waals surface area contributed by atoms with Crippen LogP contribution in [0.15, 0.2) is 24.3 Å². The van der Waals surface area contributed by atoms with Crippen LogP contribution in [0, 0.1) is 0 Å². The Morgan fingerprint density at radius 3 is 0.805 bits per heavy atom. The van der Waals surface area contributed by atoms with Crippen LogP contribution in [0.4, 0.5) is 0 Å². The van der Waals surface area contributed by atoms with Crippen LogP contribution in [0.1, 0.15) is 116 Å². The van der Waals surface area contributed by atoms with E-state index in [1.54, 1.807) is 24.3 Å². The van der Waals surface area contributed by atoms with E-state index in [9.17, 15) is 38.9 Å². The van der Waals surface area contributed by atoms with E-state index in [1.165, 1.54) is 0 Å². The number of phenolic OH excluding ortho intramolecular Hbond substituents is 2. The summed E-state index contributed by atoms with van der Waals surface area (Å²) in [5.41, 5.74) is 2.16. The van der Waals surface area contributed by atoms with Gasteiger partial charge in [-0.3, -0.25) is 0 Å². The van der Waals surface area contributed by atoms with E-state index in [2.05, 4.69) is 0 Å². The summed E-state index contributed by atoms with van der Waals surface area (Å²) in [6, 6.07) is 6.47. The topological polar surface area (TPSA) is 167 Å². The first kappa shape index (κ1) is 39.8. The molecule has 11 heteroatoms. The summed E-state index contributed by atoms with van der Waals surface area (Å²) in [5, 5.41) is 20.9. The van der Waals surface area contributed by atoms with E-state index in [-0.39, 0.29) is 49.7 Å². The molecule has 0 aromatic heterocycles. The Kier molecular flexibility index (Phi) is 12.8. The Morgan fingerprint density at radius 2 is 0.683 bits per heavy atom. The zero-order valence-corrected chi connectivity index (χ0v) is 29.1. The van der Waals surface area contributed by atoms with Crippen molar-refractivity contribution in [2.45, 2.75) is 117 Å². The van der Waals surface area contributed by atoms with Crippen molar-refractivity contribution in [3.63, 3.8) is 0 Å². The fraction of sp³-hybridized carbons (Fsp3) is 0.600. The SMILES string of the molecule is CC(C)(C)c1cc(CP(=O)([O-])[O-])cc(C(C)(C)C)c1O.CC(C)(C)c1cc(CP(=O)([O-])[O-])cc(C(C)(C)C)c1O.[Ni+4]. The van der Waals surface area contributed by atoms with Gasteiger partial charge in [0.2, 0.25) is 0 Å². The van der Waals surface area contributed by atoms with Crippen LogP contribution in [0.3, 0.4) is 0 Å². The first-order valence-electron chi connectivity index (χ1n) is 13.2. The number of aromatic hydroxyl groups is 2. The zero-order valence-electron chi connectivity index (χ0n) is 26.3. The van der Waals surface area contributed by atoms with Gasteiger partial charge >= 0.3 is 16.5 Å². The summed E-state index contributed by atoms with van der Waals surface area (Å²) < 4.78 is 22.0. The predicted octanol–water partition coefficient (Wildman–Crippen LogP) is 4.80. The van der Waals surface area contributed by atoms with Crippen molar-refractivity contribution in [3.8, 4) is 11.5 Å². The average Bonchev–Trinajstić information content (AvgIpc) is 2.65. The van der Waals surface area contributed by atoms with Crippen molar-refractivity contribution in [2.75, 3.05) is 0 Å². The maximum atomic E-state index is 11.0. The van der Waals surface area contributed by atoms with Crippen LogP contribution in [0.5, 0.6) is 11.5 Å². The molecule has 2 N–H and O–H groups in total. The molecule has 2 aromatic carbocycles. The van der Waals surface area contributed by atoms with Gasteiger partial charge in [0, 0.05) is 12.3 Å². The number of phenols is 2. The van der Waals surface area contributed by atoms with E-state index >= 15 is 0 Å².